The van der Waals surface area contributed by atoms with Crippen molar-refractivity contribution in [3.63, 3.8) is 0 Å². The minimum atomic E-state index is -3.90. The standard InChI is InChI=1S/C9H11NO6S/c1-6(11)17(14,15)7-3-4-8(10(12)13)9(5-7)16-2/h3-6,11H,1-2H3. The smallest absolute Gasteiger partial charge is 0.310 e. The number of sulfone groups is 1. The van der Waals surface area contributed by atoms with Crippen LogP contribution >= 0.6 is 0 Å². The van der Waals surface area contributed by atoms with Crippen LogP contribution in [0.1, 0.15) is 6.92 Å². The van der Waals surface area contributed by atoms with Gasteiger partial charge in [0.25, 0.3) is 0 Å². The van der Waals surface area contributed by atoms with Gasteiger partial charge in [0.1, 0.15) is 0 Å². The van der Waals surface area contributed by atoms with Crippen molar-refractivity contribution >= 4 is 15.5 Å². The quantitative estimate of drug-likeness (QED) is 0.632. The van der Waals surface area contributed by atoms with Gasteiger partial charge in [0.05, 0.1) is 16.9 Å². The number of aliphatic hydroxyl groups is 1. The fraction of sp³-hybridized carbons (Fsp3) is 0.333. The predicted molar refractivity (Wildman–Crippen MR) is 58.5 cm³/mol. The Balaban J connectivity index is 3.38. The van der Waals surface area contributed by atoms with Crippen molar-refractivity contribution in [1.29, 1.82) is 0 Å². The molecule has 0 aliphatic rings. The van der Waals surface area contributed by atoms with Gasteiger partial charge in [-0.3, -0.25) is 10.1 Å². The lowest BCUT2D eigenvalue weighted by molar-refractivity contribution is -0.385. The summed E-state index contributed by atoms with van der Waals surface area (Å²) in [4.78, 5) is 9.69. The second-order valence-corrected chi connectivity index (χ2v) is 5.48. The number of nitro benzene ring substituents is 1. The summed E-state index contributed by atoms with van der Waals surface area (Å²) in [5.41, 5.74) is -1.93. The summed E-state index contributed by atoms with van der Waals surface area (Å²) >= 11 is 0. The molecule has 0 heterocycles. The summed E-state index contributed by atoms with van der Waals surface area (Å²) in [6.45, 7) is 1.10. The van der Waals surface area contributed by atoms with Gasteiger partial charge in [0.15, 0.2) is 11.2 Å². The van der Waals surface area contributed by atoms with Crippen LogP contribution in [0.4, 0.5) is 5.69 Å². The number of benzene rings is 1. The number of rotatable bonds is 4. The van der Waals surface area contributed by atoms with E-state index in [0.29, 0.717) is 0 Å². The van der Waals surface area contributed by atoms with Crippen LogP contribution in [0.2, 0.25) is 0 Å². The monoisotopic (exact) mass is 261 g/mol. The number of methoxy groups -OCH3 is 1. The highest BCUT2D eigenvalue weighted by Gasteiger charge is 2.24. The topological polar surface area (TPSA) is 107 Å². The van der Waals surface area contributed by atoms with E-state index in [4.69, 9.17) is 9.84 Å². The Morgan fingerprint density at radius 2 is 2.06 bits per heavy atom. The van der Waals surface area contributed by atoms with E-state index in [1.54, 1.807) is 0 Å². The summed E-state index contributed by atoms with van der Waals surface area (Å²) < 4.78 is 27.9. The fourth-order valence-electron chi connectivity index (χ4n) is 1.18. The van der Waals surface area contributed by atoms with Gasteiger partial charge in [-0.25, -0.2) is 8.42 Å². The van der Waals surface area contributed by atoms with Crippen LogP contribution in [-0.4, -0.2) is 31.0 Å². The highest BCUT2D eigenvalue weighted by Crippen LogP contribution is 2.30. The van der Waals surface area contributed by atoms with Crippen molar-refractivity contribution in [3.8, 4) is 5.75 Å². The van der Waals surface area contributed by atoms with Crippen molar-refractivity contribution in [1.82, 2.24) is 0 Å². The fourth-order valence-corrected chi connectivity index (χ4v) is 2.11. The molecule has 17 heavy (non-hydrogen) atoms. The zero-order chi connectivity index (χ0) is 13.2. The van der Waals surface area contributed by atoms with E-state index in [0.717, 1.165) is 25.1 Å². The zero-order valence-electron chi connectivity index (χ0n) is 9.15. The Hall–Kier alpha value is -1.67. The molecule has 7 nitrogen and oxygen atoms in total. The van der Waals surface area contributed by atoms with E-state index >= 15 is 0 Å². The third-order valence-electron chi connectivity index (χ3n) is 2.13. The Bertz CT molecular complexity index is 536. The van der Waals surface area contributed by atoms with Crippen LogP contribution in [-0.2, 0) is 9.84 Å². The van der Waals surface area contributed by atoms with E-state index in [9.17, 15) is 18.5 Å². The minimum absolute atomic E-state index is 0.170. The van der Waals surface area contributed by atoms with Gasteiger partial charge in [0, 0.05) is 12.1 Å². The van der Waals surface area contributed by atoms with E-state index < -0.39 is 20.2 Å². The highest BCUT2D eigenvalue weighted by atomic mass is 32.2. The van der Waals surface area contributed by atoms with Crippen molar-refractivity contribution < 1.29 is 23.2 Å². The Labute approximate surface area is 97.7 Å². The number of hydrogen-bond donors (Lipinski definition) is 1. The summed E-state index contributed by atoms with van der Waals surface area (Å²) in [5, 5.41) is 19.7. The first-order valence-electron chi connectivity index (χ1n) is 4.55. The van der Waals surface area contributed by atoms with Gasteiger partial charge in [-0.05, 0) is 13.0 Å². The molecular formula is C9H11NO6S. The van der Waals surface area contributed by atoms with Gasteiger partial charge in [-0.15, -0.1) is 0 Å². The van der Waals surface area contributed by atoms with Crippen LogP contribution in [0.3, 0.4) is 0 Å². The van der Waals surface area contributed by atoms with Crippen molar-refractivity contribution in [3.05, 3.63) is 28.3 Å². The molecule has 0 aliphatic heterocycles. The number of nitro groups is 1. The van der Waals surface area contributed by atoms with Gasteiger partial charge in [0.2, 0.25) is 9.84 Å². The molecule has 0 fully saturated rings. The molecule has 1 N–H and O–H groups in total. The van der Waals surface area contributed by atoms with Gasteiger partial charge < -0.3 is 9.84 Å². The van der Waals surface area contributed by atoms with Crippen molar-refractivity contribution in [2.75, 3.05) is 7.11 Å². The van der Waals surface area contributed by atoms with Gasteiger partial charge >= 0.3 is 5.69 Å². The Morgan fingerprint density at radius 3 is 2.47 bits per heavy atom. The van der Waals surface area contributed by atoms with E-state index in [1.165, 1.54) is 7.11 Å². The number of nitrogens with zero attached hydrogens (tertiary/aromatic N) is 1. The minimum Gasteiger partial charge on any atom is -0.490 e. The van der Waals surface area contributed by atoms with Crippen LogP contribution in [0.15, 0.2) is 23.1 Å². The predicted octanol–water partition coefficient (Wildman–Crippen LogP) is 0.715. The normalized spacial score (nSPS) is 13.1. The largest absolute Gasteiger partial charge is 0.490 e. The molecule has 1 unspecified atom stereocenters. The lowest BCUT2D eigenvalue weighted by atomic mass is 10.3. The van der Waals surface area contributed by atoms with Gasteiger partial charge in [-0.1, -0.05) is 0 Å². The average Bonchev–Trinajstić information content (AvgIpc) is 2.27. The molecule has 0 saturated carbocycles. The molecule has 1 aromatic carbocycles. The molecule has 1 aromatic rings. The molecule has 0 aliphatic carbocycles. The molecule has 1 rings (SSSR count). The maximum Gasteiger partial charge on any atom is 0.310 e. The maximum atomic E-state index is 11.6. The third-order valence-corrected chi connectivity index (χ3v) is 3.93. The number of hydrogen-bond acceptors (Lipinski definition) is 6. The SMILES string of the molecule is COc1cc(S(=O)(=O)C(C)O)ccc1[N+](=O)[O-]. The van der Waals surface area contributed by atoms with Crippen LogP contribution in [0, 0.1) is 10.1 Å². The summed E-state index contributed by atoms with van der Waals surface area (Å²) in [5.74, 6) is -0.170. The third kappa shape index (κ3) is 2.53. The van der Waals surface area contributed by atoms with E-state index in [-0.39, 0.29) is 16.3 Å². The van der Waals surface area contributed by atoms with E-state index in [1.807, 2.05) is 0 Å². The second kappa shape index (κ2) is 4.68. The first-order valence-corrected chi connectivity index (χ1v) is 6.09. The number of aliphatic hydroxyl groups excluding tert-OH is 1. The molecule has 0 radical (unpaired) electrons. The van der Waals surface area contributed by atoms with Gasteiger partial charge in [-0.2, -0.15) is 0 Å². The molecule has 0 amide bonds. The molecule has 94 valence electrons. The lowest BCUT2D eigenvalue weighted by Crippen LogP contribution is -2.17. The highest BCUT2D eigenvalue weighted by molar-refractivity contribution is 7.91. The van der Waals surface area contributed by atoms with Crippen LogP contribution < -0.4 is 4.74 Å². The van der Waals surface area contributed by atoms with Crippen molar-refractivity contribution in [2.24, 2.45) is 0 Å². The Morgan fingerprint density at radius 1 is 1.47 bits per heavy atom. The van der Waals surface area contributed by atoms with Crippen LogP contribution in [0.25, 0.3) is 0 Å². The molecule has 0 saturated heterocycles. The summed E-state index contributed by atoms with van der Waals surface area (Å²) in [7, 11) is -2.70. The van der Waals surface area contributed by atoms with Crippen LogP contribution in [0.5, 0.6) is 5.75 Å². The zero-order valence-corrected chi connectivity index (χ0v) is 9.97. The molecule has 0 aromatic heterocycles. The summed E-state index contributed by atoms with van der Waals surface area (Å²) in [6, 6.07) is 3.09. The lowest BCUT2D eigenvalue weighted by Gasteiger charge is -2.08. The first-order chi connectivity index (χ1) is 7.80. The molecule has 0 spiro atoms. The molecular weight excluding hydrogens is 250 g/mol. The van der Waals surface area contributed by atoms with E-state index in [2.05, 4.69) is 0 Å². The number of ether oxygens (including phenoxy) is 1. The molecule has 0 bridgehead atoms. The van der Waals surface area contributed by atoms with Crippen molar-refractivity contribution in [2.45, 2.75) is 17.3 Å². The summed E-state index contributed by atoms with van der Waals surface area (Å²) in [6.07, 6.45) is 0. The maximum absolute atomic E-state index is 11.6. The average molecular weight is 261 g/mol. The second-order valence-electron chi connectivity index (χ2n) is 3.24. The Kier molecular flexibility index (Phi) is 3.69. The molecule has 8 heteroatoms. The molecule has 1 atom stereocenters. The first kappa shape index (κ1) is 13.4.